The number of aliphatic hydroxyl groups excluding tert-OH is 1. The zero-order valence-corrected chi connectivity index (χ0v) is 11.0. The summed E-state index contributed by atoms with van der Waals surface area (Å²) < 4.78 is 39.3. The van der Waals surface area contributed by atoms with Crippen molar-refractivity contribution >= 4 is 10.0 Å². The van der Waals surface area contributed by atoms with Crippen LogP contribution in [-0.4, -0.2) is 37.0 Å². The third-order valence-corrected chi connectivity index (χ3v) is 5.23. The minimum Gasteiger partial charge on any atom is -0.395 e. The Balaban J connectivity index is 2.38. The van der Waals surface area contributed by atoms with Crippen LogP contribution in [0.15, 0.2) is 23.1 Å². The van der Waals surface area contributed by atoms with Gasteiger partial charge in [0.15, 0.2) is 0 Å². The number of nitrogens with zero attached hydrogens (tertiary/aromatic N) is 1. The molecule has 1 fully saturated rings. The molecule has 1 saturated heterocycles. The number of aliphatic hydroxyl groups is 1. The highest BCUT2D eigenvalue weighted by molar-refractivity contribution is 7.89. The summed E-state index contributed by atoms with van der Waals surface area (Å²) in [6.07, 6.45) is 1.36. The summed E-state index contributed by atoms with van der Waals surface area (Å²) >= 11 is 0. The van der Waals surface area contributed by atoms with E-state index in [0.29, 0.717) is 18.5 Å². The van der Waals surface area contributed by atoms with E-state index >= 15 is 0 Å². The summed E-state index contributed by atoms with van der Waals surface area (Å²) in [6.45, 7) is 1.76. The number of halogens is 1. The highest BCUT2D eigenvalue weighted by Gasteiger charge is 2.34. The quantitative estimate of drug-likeness (QED) is 0.902. The number of benzene rings is 1. The van der Waals surface area contributed by atoms with Crippen molar-refractivity contribution in [1.82, 2.24) is 4.31 Å². The van der Waals surface area contributed by atoms with Gasteiger partial charge in [0.05, 0.1) is 11.5 Å². The normalized spacial score (nSPS) is 21.4. The van der Waals surface area contributed by atoms with Gasteiger partial charge in [-0.05, 0) is 37.5 Å². The molecule has 1 aliphatic rings. The van der Waals surface area contributed by atoms with Crippen LogP contribution in [0.5, 0.6) is 0 Å². The number of hydrogen-bond donors (Lipinski definition) is 1. The van der Waals surface area contributed by atoms with E-state index in [1.807, 2.05) is 0 Å². The van der Waals surface area contributed by atoms with Crippen LogP contribution in [0, 0.1) is 12.7 Å². The van der Waals surface area contributed by atoms with Crippen molar-refractivity contribution < 1.29 is 17.9 Å². The minimum absolute atomic E-state index is 0.0500. The molecule has 4 nitrogen and oxygen atoms in total. The van der Waals surface area contributed by atoms with E-state index in [1.165, 1.54) is 16.4 Å². The second kappa shape index (κ2) is 4.95. The predicted octanol–water partition coefficient (Wildman–Crippen LogP) is 1.28. The molecule has 6 heteroatoms. The Labute approximate surface area is 106 Å². The zero-order chi connectivity index (χ0) is 13.3. The Bertz CT molecular complexity index is 544. The second-order valence-corrected chi connectivity index (χ2v) is 6.40. The molecule has 0 saturated carbocycles. The van der Waals surface area contributed by atoms with Gasteiger partial charge in [0, 0.05) is 12.6 Å². The summed E-state index contributed by atoms with van der Waals surface area (Å²) in [7, 11) is -3.71. The molecule has 1 atom stereocenters. The molecular weight excluding hydrogens is 257 g/mol. The van der Waals surface area contributed by atoms with Crippen LogP contribution in [0.25, 0.3) is 0 Å². The fourth-order valence-corrected chi connectivity index (χ4v) is 3.87. The lowest BCUT2D eigenvalue weighted by molar-refractivity contribution is 0.213. The van der Waals surface area contributed by atoms with Crippen LogP contribution in [0.4, 0.5) is 4.39 Å². The molecule has 1 N–H and O–H groups in total. The lowest BCUT2D eigenvalue weighted by Gasteiger charge is -2.22. The number of sulfonamides is 1. The van der Waals surface area contributed by atoms with E-state index in [-0.39, 0.29) is 17.5 Å². The molecule has 0 unspecified atom stereocenters. The maximum Gasteiger partial charge on any atom is 0.243 e. The summed E-state index contributed by atoms with van der Waals surface area (Å²) in [6, 6.07) is 3.50. The lowest BCUT2D eigenvalue weighted by atomic mass is 10.2. The zero-order valence-electron chi connectivity index (χ0n) is 10.1. The highest BCUT2D eigenvalue weighted by atomic mass is 32.2. The summed E-state index contributed by atoms with van der Waals surface area (Å²) in [5.74, 6) is -0.532. The molecule has 0 aromatic heterocycles. The maximum atomic E-state index is 13.4. The Hall–Kier alpha value is -0.980. The van der Waals surface area contributed by atoms with Gasteiger partial charge in [-0.3, -0.25) is 0 Å². The van der Waals surface area contributed by atoms with E-state index in [2.05, 4.69) is 0 Å². The topological polar surface area (TPSA) is 57.6 Å². The van der Waals surface area contributed by atoms with Crippen LogP contribution in [0.1, 0.15) is 18.4 Å². The smallest absolute Gasteiger partial charge is 0.243 e. The molecule has 100 valence electrons. The third-order valence-electron chi connectivity index (χ3n) is 3.28. The van der Waals surface area contributed by atoms with Gasteiger partial charge in [-0.15, -0.1) is 0 Å². The van der Waals surface area contributed by atoms with E-state index in [9.17, 15) is 12.8 Å². The van der Waals surface area contributed by atoms with E-state index in [4.69, 9.17) is 5.11 Å². The molecule has 0 amide bonds. The Morgan fingerprint density at radius 2 is 2.22 bits per heavy atom. The fraction of sp³-hybridized carbons (Fsp3) is 0.500. The van der Waals surface area contributed by atoms with Crippen LogP contribution >= 0.6 is 0 Å². The largest absolute Gasteiger partial charge is 0.395 e. The Morgan fingerprint density at radius 3 is 2.83 bits per heavy atom. The van der Waals surface area contributed by atoms with Crippen molar-refractivity contribution in [3.8, 4) is 0 Å². The van der Waals surface area contributed by atoms with Crippen molar-refractivity contribution in [2.24, 2.45) is 0 Å². The molecule has 1 aromatic carbocycles. The SMILES string of the molecule is Cc1ccc(S(=O)(=O)N2CCC[C@H]2CO)cc1F. The number of hydrogen-bond acceptors (Lipinski definition) is 3. The summed E-state index contributed by atoms with van der Waals surface area (Å²) in [5, 5.41) is 9.17. The highest BCUT2D eigenvalue weighted by Crippen LogP contribution is 2.26. The van der Waals surface area contributed by atoms with Gasteiger partial charge < -0.3 is 5.11 Å². The van der Waals surface area contributed by atoms with Crippen LogP contribution in [0.2, 0.25) is 0 Å². The Kier molecular flexibility index (Phi) is 3.70. The molecule has 18 heavy (non-hydrogen) atoms. The minimum atomic E-state index is -3.71. The van der Waals surface area contributed by atoms with Gasteiger partial charge in [-0.1, -0.05) is 6.07 Å². The van der Waals surface area contributed by atoms with Gasteiger partial charge in [-0.2, -0.15) is 4.31 Å². The van der Waals surface area contributed by atoms with Gasteiger partial charge >= 0.3 is 0 Å². The molecule has 0 radical (unpaired) electrons. The molecule has 1 aromatic rings. The van der Waals surface area contributed by atoms with E-state index in [0.717, 1.165) is 12.5 Å². The second-order valence-electron chi connectivity index (χ2n) is 4.51. The van der Waals surface area contributed by atoms with Crippen molar-refractivity contribution in [2.75, 3.05) is 13.2 Å². The molecule has 0 spiro atoms. The van der Waals surface area contributed by atoms with Crippen LogP contribution in [0.3, 0.4) is 0 Å². The molecule has 1 aliphatic heterocycles. The van der Waals surface area contributed by atoms with E-state index in [1.54, 1.807) is 6.92 Å². The first-order valence-electron chi connectivity index (χ1n) is 5.85. The average Bonchev–Trinajstić information content (AvgIpc) is 2.81. The van der Waals surface area contributed by atoms with Crippen molar-refractivity contribution in [2.45, 2.75) is 30.7 Å². The van der Waals surface area contributed by atoms with Crippen molar-refractivity contribution in [3.05, 3.63) is 29.6 Å². The molecule has 0 aliphatic carbocycles. The fourth-order valence-electron chi connectivity index (χ4n) is 2.18. The summed E-state index contributed by atoms with van der Waals surface area (Å²) in [4.78, 5) is -0.0500. The van der Waals surface area contributed by atoms with Gasteiger partial charge in [-0.25, -0.2) is 12.8 Å². The number of aryl methyl sites for hydroxylation is 1. The summed E-state index contributed by atoms with van der Waals surface area (Å²) in [5.41, 5.74) is 0.411. The lowest BCUT2D eigenvalue weighted by Crippen LogP contribution is -2.37. The average molecular weight is 273 g/mol. The van der Waals surface area contributed by atoms with Crippen LogP contribution < -0.4 is 0 Å². The predicted molar refractivity (Wildman–Crippen MR) is 65.1 cm³/mol. The molecular formula is C12H16FNO3S. The molecule has 2 rings (SSSR count). The number of rotatable bonds is 3. The first kappa shape index (κ1) is 13.5. The van der Waals surface area contributed by atoms with Gasteiger partial charge in [0.25, 0.3) is 0 Å². The van der Waals surface area contributed by atoms with Crippen molar-refractivity contribution in [3.63, 3.8) is 0 Å². The van der Waals surface area contributed by atoms with Crippen molar-refractivity contribution in [1.29, 1.82) is 0 Å². The van der Waals surface area contributed by atoms with Gasteiger partial charge in [0.2, 0.25) is 10.0 Å². The maximum absolute atomic E-state index is 13.4. The first-order chi connectivity index (χ1) is 8.46. The van der Waals surface area contributed by atoms with E-state index < -0.39 is 15.8 Å². The Morgan fingerprint density at radius 1 is 1.50 bits per heavy atom. The molecule has 0 bridgehead atoms. The molecule has 1 heterocycles. The monoisotopic (exact) mass is 273 g/mol. The third kappa shape index (κ3) is 2.28. The van der Waals surface area contributed by atoms with Gasteiger partial charge in [0.1, 0.15) is 5.82 Å². The first-order valence-corrected chi connectivity index (χ1v) is 7.29. The van der Waals surface area contributed by atoms with Crippen LogP contribution in [-0.2, 0) is 10.0 Å². The standard InChI is InChI=1S/C12H16FNO3S/c1-9-4-5-11(7-12(9)13)18(16,17)14-6-2-3-10(14)8-15/h4-5,7,10,15H,2-3,6,8H2,1H3/t10-/m0/s1.